The molecule has 5 nitrogen and oxygen atoms in total. The summed E-state index contributed by atoms with van der Waals surface area (Å²) in [4.78, 5) is 0. The van der Waals surface area contributed by atoms with Gasteiger partial charge in [0.1, 0.15) is 5.75 Å². The molecule has 1 rings (SSSR count). The molecule has 18 heavy (non-hydrogen) atoms. The first-order valence-electron chi connectivity index (χ1n) is 4.83. The van der Waals surface area contributed by atoms with Gasteiger partial charge in [0, 0.05) is 0 Å². The van der Waals surface area contributed by atoms with Gasteiger partial charge in [0.25, 0.3) is 0 Å². The van der Waals surface area contributed by atoms with Gasteiger partial charge in [-0.1, -0.05) is 23.9 Å². The maximum Gasteiger partial charge on any atom is 0.573 e. The second kappa shape index (κ2) is 5.44. The lowest BCUT2D eigenvalue weighted by molar-refractivity contribution is -0.360. The van der Waals surface area contributed by atoms with Gasteiger partial charge < -0.3 is 15.2 Å². The average molecular weight is 284 g/mol. The van der Waals surface area contributed by atoms with E-state index in [1.165, 1.54) is 12.1 Å². The number of hydrogen-bond acceptors (Lipinski definition) is 3. The van der Waals surface area contributed by atoms with Crippen LogP contribution in [0.2, 0.25) is 0 Å². The third-order valence-corrected chi connectivity index (χ3v) is 3.01. The lowest BCUT2D eigenvalue weighted by Crippen LogP contribution is -2.52. The first-order valence-corrected chi connectivity index (χ1v) is 6.44. The zero-order valence-corrected chi connectivity index (χ0v) is 9.96. The zero-order chi connectivity index (χ0) is 13.8. The maximum absolute atomic E-state index is 12.1. The Labute approximate surface area is 102 Å². The number of ether oxygens (including phenoxy) is 1. The van der Waals surface area contributed by atoms with E-state index in [1.807, 2.05) is 0 Å². The third kappa shape index (κ3) is 4.80. The van der Waals surface area contributed by atoms with Crippen molar-refractivity contribution in [3.8, 4) is 5.75 Å². The van der Waals surface area contributed by atoms with Crippen LogP contribution >= 0.6 is 0 Å². The predicted molar refractivity (Wildman–Crippen MR) is 57.7 cm³/mol. The van der Waals surface area contributed by atoms with Crippen LogP contribution in [0.1, 0.15) is 0 Å². The summed E-state index contributed by atoms with van der Waals surface area (Å²) in [6, 6.07) is 4.77. The van der Waals surface area contributed by atoms with E-state index in [-0.39, 0.29) is 18.0 Å². The minimum absolute atomic E-state index is 0.0775. The van der Waals surface area contributed by atoms with Gasteiger partial charge in [0.05, 0.1) is 22.3 Å². The molecule has 0 amide bonds. The molecule has 9 heteroatoms. The van der Waals surface area contributed by atoms with Crippen molar-refractivity contribution in [2.75, 3.05) is 12.3 Å². The Hall–Kier alpha value is -1.48. The zero-order valence-electron chi connectivity index (χ0n) is 9.14. The molecule has 0 fully saturated rings. The fraction of sp³-hybridized carbons (Fsp3) is 0.333. The van der Waals surface area contributed by atoms with Crippen molar-refractivity contribution in [1.29, 1.82) is 0 Å². The molecule has 0 heterocycles. The molecule has 0 saturated heterocycles. The molecule has 102 valence electrons. The van der Waals surface area contributed by atoms with Crippen molar-refractivity contribution >= 4 is 15.7 Å². The summed E-state index contributed by atoms with van der Waals surface area (Å²) in [5, 5.41) is 0. The molecule has 0 aliphatic heterocycles. The van der Waals surface area contributed by atoms with Gasteiger partial charge in [0.2, 0.25) is 0 Å². The molecular formula is C9H11F3N2O3S. The Balaban J connectivity index is 2.96. The Morgan fingerprint density at radius 1 is 1.28 bits per heavy atom. The number of halogens is 3. The van der Waals surface area contributed by atoms with Crippen LogP contribution in [0.25, 0.3) is 4.72 Å². The molecule has 0 aliphatic carbocycles. The molecule has 1 aromatic carbocycles. The highest BCUT2D eigenvalue weighted by atomic mass is 32.2. The van der Waals surface area contributed by atoms with Gasteiger partial charge in [-0.2, -0.15) is 0 Å². The van der Waals surface area contributed by atoms with Crippen LogP contribution in [-0.4, -0.2) is 27.1 Å². The molecule has 0 atom stereocenters. The summed E-state index contributed by atoms with van der Waals surface area (Å²) in [6.45, 7) is 0.0775. The SMILES string of the molecule is [NH3+]CCS(=O)(=O)[N-]c1ccccc1OC(F)(F)F. The van der Waals surface area contributed by atoms with Crippen LogP contribution in [-0.2, 0) is 10.0 Å². The van der Waals surface area contributed by atoms with Gasteiger partial charge in [0.15, 0.2) is 0 Å². The number of para-hydroxylation sites is 1. The van der Waals surface area contributed by atoms with Gasteiger partial charge in [-0.3, -0.25) is 0 Å². The smallest absolute Gasteiger partial charge is 0.573 e. The Morgan fingerprint density at radius 2 is 1.89 bits per heavy atom. The van der Waals surface area contributed by atoms with Crippen LogP contribution in [0.5, 0.6) is 5.75 Å². The first-order chi connectivity index (χ1) is 8.23. The Bertz CT molecular complexity index is 502. The van der Waals surface area contributed by atoms with Crippen molar-refractivity contribution in [2.24, 2.45) is 0 Å². The topological polar surface area (TPSA) is 85.1 Å². The maximum atomic E-state index is 12.1. The Morgan fingerprint density at radius 3 is 2.44 bits per heavy atom. The minimum Gasteiger partial charge on any atom is -0.574 e. The molecule has 0 aromatic heterocycles. The number of hydrogen-bond donors (Lipinski definition) is 1. The van der Waals surface area contributed by atoms with E-state index in [4.69, 9.17) is 0 Å². The first kappa shape index (κ1) is 14.6. The number of sulfonamides is 1. The fourth-order valence-electron chi connectivity index (χ4n) is 1.12. The predicted octanol–water partition coefficient (Wildman–Crippen LogP) is 1.16. The summed E-state index contributed by atoms with van der Waals surface area (Å²) in [5.41, 5.74) is 2.96. The van der Waals surface area contributed by atoms with Crippen LogP contribution < -0.4 is 10.5 Å². The number of nitrogens with zero attached hydrogens (tertiary/aromatic N) is 1. The molecule has 0 spiro atoms. The van der Waals surface area contributed by atoms with Gasteiger partial charge in [-0.05, 0) is 6.07 Å². The van der Waals surface area contributed by atoms with Crippen molar-refractivity contribution in [1.82, 2.24) is 0 Å². The summed E-state index contributed by atoms with van der Waals surface area (Å²) in [5.74, 6) is -0.995. The van der Waals surface area contributed by atoms with E-state index in [2.05, 4.69) is 15.2 Å². The minimum atomic E-state index is -4.90. The molecular weight excluding hydrogens is 273 g/mol. The van der Waals surface area contributed by atoms with Gasteiger partial charge >= 0.3 is 6.36 Å². The molecule has 3 N–H and O–H groups in total. The van der Waals surface area contributed by atoms with E-state index in [9.17, 15) is 21.6 Å². The molecule has 0 unspecified atom stereocenters. The lowest BCUT2D eigenvalue weighted by Gasteiger charge is -2.24. The van der Waals surface area contributed by atoms with E-state index in [0.29, 0.717) is 0 Å². The summed E-state index contributed by atoms with van der Waals surface area (Å²) in [6.07, 6.45) is -4.90. The van der Waals surface area contributed by atoms with Gasteiger partial charge in [-0.15, -0.1) is 13.2 Å². The van der Waals surface area contributed by atoms with E-state index in [1.54, 1.807) is 0 Å². The summed E-state index contributed by atoms with van der Waals surface area (Å²) >= 11 is 0. The van der Waals surface area contributed by atoms with Crippen molar-refractivity contribution in [3.63, 3.8) is 0 Å². The van der Waals surface area contributed by atoms with Gasteiger partial charge in [-0.25, -0.2) is 8.42 Å². The lowest BCUT2D eigenvalue weighted by atomic mass is 10.3. The van der Waals surface area contributed by atoms with Crippen molar-refractivity contribution < 1.29 is 32.1 Å². The van der Waals surface area contributed by atoms with Crippen LogP contribution in [0.4, 0.5) is 18.9 Å². The number of benzene rings is 1. The second-order valence-electron chi connectivity index (χ2n) is 3.25. The highest BCUT2D eigenvalue weighted by molar-refractivity contribution is 7.94. The van der Waals surface area contributed by atoms with E-state index in [0.717, 1.165) is 12.1 Å². The largest absolute Gasteiger partial charge is 0.574 e. The highest BCUT2D eigenvalue weighted by Crippen LogP contribution is 2.36. The Kier molecular flexibility index (Phi) is 4.41. The molecule has 0 saturated carbocycles. The normalized spacial score (nSPS) is 12.2. The van der Waals surface area contributed by atoms with Crippen LogP contribution in [0.15, 0.2) is 24.3 Å². The average Bonchev–Trinajstić information content (AvgIpc) is 2.18. The summed E-state index contributed by atoms with van der Waals surface area (Å²) in [7, 11) is -3.85. The number of rotatable bonds is 5. The standard InChI is InChI=1S/C9H10F3N2O3S/c10-9(11,12)17-8-4-2-1-3-7(8)14-18(15,16)6-5-13/h1-4H,5-6,13H2/q-1/p+1. The summed E-state index contributed by atoms with van der Waals surface area (Å²) < 4.78 is 65.9. The molecule has 0 radical (unpaired) electrons. The highest BCUT2D eigenvalue weighted by Gasteiger charge is 2.31. The quantitative estimate of drug-likeness (QED) is 0.880. The number of alkyl halides is 3. The van der Waals surface area contributed by atoms with Crippen molar-refractivity contribution in [3.05, 3.63) is 29.0 Å². The van der Waals surface area contributed by atoms with Crippen molar-refractivity contribution in [2.45, 2.75) is 6.36 Å². The molecule has 0 aliphatic rings. The third-order valence-electron chi connectivity index (χ3n) is 1.73. The number of quaternary nitrogens is 1. The second-order valence-corrected chi connectivity index (χ2v) is 5.00. The van der Waals surface area contributed by atoms with Crippen LogP contribution in [0, 0.1) is 0 Å². The fourth-order valence-corrected chi connectivity index (χ4v) is 2.03. The molecule has 0 bridgehead atoms. The van der Waals surface area contributed by atoms with E-state index >= 15 is 0 Å². The molecule has 1 aromatic rings. The van der Waals surface area contributed by atoms with Crippen LogP contribution in [0.3, 0.4) is 0 Å². The van der Waals surface area contributed by atoms with E-state index < -0.39 is 22.1 Å². The monoisotopic (exact) mass is 284 g/mol.